The molecule has 0 bridgehead atoms. The van der Waals surface area contributed by atoms with Gasteiger partial charge in [-0.3, -0.25) is 4.79 Å². The SMILES string of the molecule is CNc1cc(-c2cnc3n([C@H]4COC[C@@H]4O)cccc2-3)nc2c(C(N)=O)cnn12. The molecule has 5 rings (SSSR count). The zero-order valence-electron chi connectivity index (χ0n) is 15.6. The Bertz CT molecular complexity index is 1200. The molecule has 2 aromatic rings. The van der Waals surface area contributed by atoms with E-state index in [1.807, 2.05) is 29.0 Å². The Morgan fingerprint density at radius 2 is 2.21 bits per heavy atom. The van der Waals surface area contributed by atoms with Gasteiger partial charge >= 0.3 is 0 Å². The Morgan fingerprint density at radius 3 is 2.93 bits per heavy atom. The molecule has 0 unspecified atom stereocenters. The van der Waals surface area contributed by atoms with Crippen molar-refractivity contribution in [3.05, 3.63) is 42.4 Å². The van der Waals surface area contributed by atoms with E-state index >= 15 is 0 Å². The van der Waals surface area contributed by atoms with E-state index in [2.05, 4.69) is 20.4 Å². The summed E-state index contributed by atoms with van der Waals surface area (Å²) in [4.78, 5) is 21.0. The van der Waals surface area contributed by atoms with E-state index in [1.165, 1.54) is 10.7 Å². The van der Waals surface area contributed by atoms with Crippen LogP contribution in [0.25, 0.3) is 28.3 Å². The predicted octanol–water partition coefficient (Wildman–Crippen LogP) is 0.770. The average molecular weight is 393 g/mol. The van der Waals surface area contributed by atoms with Crippen LogP contribution in [0.5, 0.6) is 0 Å². The van der Waals surface area contributed by atoms with Crippen molar-refractivity contribution in [2.45, 2.75) is 12.1 Å². The summed E-state index contributed by atoms with van der Waals surface area (Å²) in [5, 5.41) is 17.5. The molecule has 3 aliphatic rings. The summed E-state index contributed by atoms with van der Waals surface area (Å²) >= 11 is 0. The highest BCUT2D eigenvalue weighted by Gasteiger charge is 2.30. The number of pyridine rings is 1. The number of ether oxygens (including phenoxy) is 1. The van der Waals surface area contributed by atoms with Gasteiger partial charge < -0.3 is 25.5 Å². The summed E-state index contributed by atoms with van der Waals surface area (Å²) in [6, 6.07) is 5.50. The normalized spacial score (nSPS) is 19.2. The molecular weight excluding hydrogens is 374 g/mol. The number of nitrogens with one attached hydrogen (secondary N) is 1. The van der Waals surface area contributed by atoms with E-state index in [4.69, 9.17) is 10.5 Å². The summed E-state index contributed by atoms with van der Waals surface area (Å²) in [6.45, 7) is 0.738. The van der Waals surface area contributed by atoms with E-state index in [-0.39, 0.29) is 11.6 Å². The zero-order valence-corrected chi connectivity index (χ0v) is 15.6. The third-order valence-corrected chi connectivity index (χ3v) is 5.25. The van der Waals surface area contributed by atoms with Gasteiger partial charge in [0.25, 0.3) is 5.91 Å². The number of aliphatic hydroxyl groups is 1. The molecule has 10 heteroatoms. The van der Waals surface area contributed by atoms with Crippen molar-refractivity contribution in [2.24, 2.45) is 5.73 Å². The van der Waals surface area contributed by atoms with Gasteiger partial charge in [-0.15, -0.1) is 0 Å². The first-order chi connectivity index (χ1) is 14.1. The van der Waals surface area contributed by atoms with Crippen LogP contribution in [0.2, 0.25) is 0 Å². The van der Waals surface area contributed by atoms with E-state index < -0.39 is 12.0 Å². The van der Waals surface area contributed by atoms with Crippen LogP contribution in [0.1, 0.15) is 16.4 Å². The number of rotatable bonds is 4. The van der Waals surface area contributed by atoms with Crippen LogP contribution in [-0.2, 0) is 4.74 Å². The molecule has 2 aromatic heterocycles. The minimum atomic E-state index is -0.592. The van der Waals surface area contributed by atoms with E-state index in [1.54, 1.807) is 13.2 Å². The second kappa shape index (κ2) is 6.54. The van der Waals surface area contributed by atoms with Crippen molar-refractivity contribution in [3.8, 4) is 22.6 Å². The minimum Gasteiger partial charge on any atom is -0.388 e. The molecule has 29 heavy (non-hydrogen) atoms. The number of nitrogens with two attached hydrogens (primary N) is 1. The summed E-state index contributed by atoms with van der Waals surface area (Å²) in [6.07, 6.45) is 4.45. The monoisotopic (exact) mass is 393 g/mol. The lowest BCUT2D eigenvalue weighted by Gasteiger charge is -2.20. The largest absolute Gasteiger partial charge is 0.388 e. The van der Waals surface area contributed by atoms with Crippen molar-refractivity contribution >= 4 is 17.4 Å². The first-order valence-electron chi connectivity index (χ1n) is 9.16. The second-order valence-corrected chi connectivity index (χ2v) is 6.93. The van der Waals surface area contributed by atoms with Crippen LogP contribution in [-0.4, -0.2) is 61.5 Å². The molecule has 5 heterocycles. The van der Waals surface area contributed by atoms with Crippen LogP contribution in [0.3, 0.4) is 0 Å². The number of hydrogen-bond donors (Lipinski definition) is 3. The van der Waals surface area contributed by atoms with Crippen LogP contribution < -0.4 is 11.1 Å². The lowest BCUT2D eigenvalue weighted by molar-refractivity contribution is 0.100. The summed E-state index contributed by atoms with van der Waals surface area (Å²) < 4.78 is 8.87. The molecule has 0 saturated carbocycles. The fourth-order valence-electron chi connectivity index (χ4n) is 3.78. The maximum Gasteiger partial charge on any atom is 0.254 e. The molecular formula is C19H19N7O3. The molecule has 4 N–H and O–H groups in total. The number of nitrogens with zero attached hydrogens (tertiary/aromatic N) is 5. The second-order valence-electron chi connectivity index (χ2n) is 6.93. The van der Waals surface area contributed by atoms with Crippen molar-refractivity contribution in [1.29, 1.82) is 0 Å². The van der Waals surface area contributed by atoms with Gasteiger partial charge in [-0.1, -0.05) is 0 Å². The molecule has 10 nitrogen and oxygen atoms in total. The maximum absolute atomic E-state index is 11.8. The Morgan fingerprint density at radius 1 is 1.34 bits per heavy atom. The topological polar surface area (TPSA) is 133 Å². The zero-order chi connectivity index (χ0) is 20.1. The highest BCUT2D eigenvalue weighted by molar-refractivity contribution is 5.99. The Balaban J connectivity index is 1.66. The Hall–Kier alpha value is -3.50. The number of hydrogen-bond acceptors (Lipinski definition) is 7. The number of fused-ring (bicyclic) bond motifs is 2. The van der Waals surface area contributed by atoms with Crippen LogP contribution in [0.4, 0.5) is 5.82 Å². The Kier molecular flexibility index (Phi) is 3.96. The standard InChI is InChI=1S/C19H19N7O3/c1-21-16-5-13(24-19-12(17(20)28)7-23-26(16)19)11-6-22-18-10(11)3-2-4-25(18)14-8-29-9-15(14)27/h2-7,14-15,21,27H,8-9H2,1H3,(H2,20,28)/t14-,15-/m0/s1. The molecule has 0 aliphatic carbocycles. The first-order valence-corrected chi connectivity index (χ1v) is 9.16. The maximum atomic E-state index is 11.8. The predicted molar refractivity (Wildman–Crippen MR) is 105 cm³/mol. The fourth-order valence-corrected chi connectivity index (χ4v) is 3.78. The van der Waals surface area contributed by atoms with E-state index in [9.17, 15) is 9.90 Å². The summed E-state index contributed by atoms with van der Waals surface area (Å²) in [7, 11) is 1.76. The average Bonchev–Trinajstić information content (AvgIpc) is 3.44. The molecule has 1 fully saturated rings. The van der Waals surface area contributed by atoms with Gasteiger partial charge in [-0.25, -0.2) is 9.97 Å². The molecule has 148 valence electrons. The lowest BCUT2D eigenvalue weighted by Crippen LogP contribution is -2.23. The van der Waals surface area contributed by atoms with Gasteiger partial charge in [0.05, 0.1) is 31.1 Å². The third kappa shape index (κ3) is 2.64. The molecule has 0 aromatic carbocycles. The number of anilines is 1. The van der Waals surface area contributed by atoms with Crippen molar-refractivity contribution in [1.82, 2.24) is 24.1 Å². The van der Waals surface area contributed by atoms with E-state index in [0.29, 0.717) is 30.4 Å². The molecule has 1 amide bonds. The number of aromatic nitrogens is 5. The van der Waals surface area contributed by atoms with Crippen LogP contribution in [0, 0.1) is 0 Å². The van der Waals surface area contributed by atoms with Crippen LogP contribution >= 0.6 is 0 Å². The summed E-state index contributed by atoms with van der Waals surface area (Å²) in [5.74, 6) is 0.800. The van der Waals surface area contributed by atoms with Gasteiger partial charge in [0.1, 0.15) is 23.3 Å². The molecule has 3 aliphatic heterocycles. The van der Waals surface area contributed by atoms with Crippen molar-refractivity contribution in [3.63, 3.8) is 0 Å². The smallest absolute Gasteiger partial charge is 0.254 e. The number of carbonyl (C=O) groups is 1. The Labute approximate surface area is 165 Å². The van der Waals surface area contributed by atoms with Gasteiger partial charge in [0.15, 0.2) is 5.65 Å². The highest BCUT2D eigenvalue weighted by Crippen LogP contribution is 2.36. The number of primary amides is 1. The number of aliphatic hydroxyl groups excluding tert-OH is 1. The molecule has 2 atom stereocenters. The first kappa shape index (κ1) is 17.6. The number of carbonyl (C=O) groups excluding carboxylic acids is 1. The van der Waals surface area contributed by atoms with Crippen LogP contribution in [0.15, 0.2) is 36.8 Å². The molecule has 1 saturated heterocycles. The van der Waals surface area contributed by atoms with Gasteiger partial charge in [-0.2, -0.15) is 9.61 Å². The minimum absolute atomic E-state index is 0.193. The van der Waals surface area contributed by atoms with Gasteiger partial charge in [0.2, 0.25) is 0 Å². The van der Waals surface area contributed by atoms with Crippen molar-refractivity contribution < 1.29 is 14.6 Å². The molecule has 0 spiro atoms. The summed E-state index contributed by atoms with van der Waals surface area (Å²) in [5.41, 5.74) is 8.41. The lowest BCUT2D eigenvalue weighted by atomic mass is 10.1. The quantitative estimate of drug-likeness (QED) is 0.466. The highest BCUT2D eigenvalue weighted by atomic mass is 16.5. The fraction of sp³-hybridized carbons (Fsp3) is 0.263. The third-order valence-electron chi connectivity index (χ3n) is 5.25. The number of amides is 1. The van der Waals surface area contributed by atoms with Gasteiger partial charge in [-0.05, 0) is 12.1 Å². The van der Waals surface area contributed by atoms with Crippen molar-refractivity contribution in [2.75, 3.05) is 25.6 Å². The molecule has 0 radical (unpaired) electrons. The van der Waals surface area contributed by atoms with Gasteiger partial charge in [0, 0.05) is 36.6 Å². The van der Waals surface area contributed by atoms with E-state index in [0.717, 1.165) is 17.0 Å².